The Balaban J connectivity index is 2.64. The zero-order valence-electron chi connectivity index (χ0n) is 17.3. The Morgan fingerprint density at radius 3 is 1.93 bits per heavy atom. The summed E-state index contributed by atoms with van der Waals surface area (Å²) in [5.41, 5.74) is 0.598. The first-order valence-electron chi connectivity index (χ1n) is 9.07. The van der Waals surface area contributed by atoms with E-state index in [1.807, 2.05) is 0 Å². The number of hydrogen-bond donors (Lipinski definition) is 1. The molecule has 7 heteroatoms. The van der Waals surface area contributed by atoms with E-state index < -0.39 is 5.97 Å². The van der Waals surface area contributed by atoms with E-state index in [-0.39, 0.29) is 17.9 Å². The molecular weight excluding hydrogens is 376 g/mol. The second-order valence-electron chi connectivity index (χ2n) is 6.33. The summed E-state index contributed by atoms with van der Waals surface area (Å²) < 4.78 is 27.7. The molecule has 0 aliphatic heterocycles. The number of carbonyl (C=O) groups is 1. The molecular formula is C22H24O7. The molecule has 3 aromatic rings. The minimum atomic E-state index is -0.608. The van der Waals surface area contributed by atoms with Gasteiger partial charge in [0.2, 0.25) is 0 Å². The molecule has 0 unspecified atom stereocenters. The Morgan fingerprint density at radius 1 is 0.897 bits per heavy atom. The maximum Gasteiger partial charge on any atom is 0.342 e. The van der Waals surface area contributed by atoms with Gasteiger partial charge in [-0.3, -0.25) is 0 Å². The van der Waals surface area contributed by atoms with Crippen molar-refractivity contribution in [2.75, 3.05) is 35.0 Å². The number of aryl methyl sites for hydroxylation is 1. The largest absolute Gasteiger partial charge is 0.507 e. The lowest BCUT2D eigenvalue weighted by Crippen LogP contribution is -2.08. The lowest BCUT2D eigenvalue weighted by Gasteiger charge is -2.21. The van der Waals surface area contributed by atoms with Crippen LogP contribution in [0.4, 0.5) is 0 Å². The van der Waals surface area contributed by atoms with Gasteiger partial charge in [-0.2, -0.15) is 0 Å². The van der Waals surface area contributed by atoms with Crippen molar-refractivity contribution in [3.63, 3.8) is 0 Å². The SMILES string of the molecule is CCOC(=O)c1c(O)cc2c(OC)c3c(OC)ccc(OC)c3c(OC)c2c1C. The smallest absolute Gasteiger partial charge is 0.342 e. The minimum Gasteiger partial charge on any atom is -0.507 e. The first-order chi connectivity index (χ1) is 13.9. The Morgan fingerprint density at radius 2 is 1.45 bits per heavy atom. The molecule has 0 aliphatic rings. The fraction of sp³-hybridized carbons (Fsp3) is 0.318. The van der Waals surface area contributed by atoms with Crippen molar-refractivity contribution in [3.8, 4) is 28.7 Å². The molecule has 0 fully saturated rings. The molecule has 0 heterocycles. The highest BCUT2D eigenvalue weighted by atomic mass is 16.5. The average molecular weight is 400 g/mol. The third-order valence-corrected chi connectivity index (χ3v) is 4.94. The number of phenols is 1. The fourth-order valence-electron chi connectivity index (χ4n) is 3.76. The van der Waals surface area contributed by atoms with E-state index in [0.717, 1.165) is 0 Å². The van der Waals surface area contributed by atoms with Crippen molar-refractivity contribution < 1.29 is 33.6 Å². The van der Waals surface area contributed by atoms with Gasteiger partial charge in [0, 0.05) is 10.8 Å². The second kappa shape index (κ2) is 7.95. The number of carbonyl (C=O) groups excluding carboxylic acids is 1. The molecule has 0 saturated heterocycles. The van der Waals surface area contributed by atoms with Gasteiger partial charge in [-0.25, -0.2) is 4.79 Å². The number of phenolic OH excluding ortho intramolecular Hbond substituents is 1. The highest BCUT2D eigenvalue weighted by Crippen LogP contribution is 2.52. The third-order valence-electron chi connectivity index (χ3n) is 4.94. The number of rotatable bonds is 6. The van der Waals surface area contributed by atoms with E-state index in [4.69, 9.17) is 23.7 Å². The van der Waals surface area contributed by atoms with Crippen molar-refractivity contribution >= 4 is 27.5 Å². The molecule has 3 rings (SSSR count). The fourth-order valence-corrected chi connectivity index (χ4v) is 3.76. The van der Waals surface area contributed by atoms with Crippen molar-refractivity contribution in [3.05, 3.63) is 29.3 Å². The molecule has 1 N–H and O–H groups in total. The second-order valence-corrected chi connectivity index (χ2v) is 6.33. The lowest BCUT2D eigenvalue weighted by atomic mass is 9.93. The van der Waals surface area contributed by atoms with Gasteiger partial charge in [-0.05, 0) is 37.6 Å². The molecule has 0 radical (unpaired) electrons. The van der Waals surface area contributed by atoms with Crippen LogP contribution in [0.25, 0.3) is 21.5 Å². The average Bonchev–Trinajstić information content (AvgIpc) is 2.71. The maximum absolute atomic E-state index is 12.5. The Labute approximate surface area is 168 Å². The quantitative estimate of drug-likeness (QED) is 0.490. The molecule has 154 valence electrons. The molecule has 3 aromatic carbocycles. The van der Waals surface area contributed by atoms with Crippen molar-refractivity contribution in [1.29, 1.82) is 0 Å². The van der Waals surface area contributed by atoms with Gasteiger partial charge in [-0.1, -0.05) is 0 Å². The zero-order chi connectivity index (χ0) is 21.3. The number of hydrogen-bond acceptors (Lipinski definition) is 7. The van der Waals surface area contributed by atoms with Crippen LogP contribution < -0.4 is 18.9 Å². The van der Waals surface area contributed by atoms with Crippen molar-refractivity contribution in [2.45, 2.75) is 13.8 Å². The maximum atomic E-state index is 12.5. The van der Waals surface area contributed by atoms with Crippen molar-refractivity contribution in [2.24, 2.45) is 0 Å². The van der Waals surface area contributed by atoms with E-state index in [1.54, 1.807) is 40.2 Å². The molecule has 0 saturated carbocycles. The minimum absolute atomic E-state index is 0.0842. The van der Waals surface area contributed by atoms with E-state index in [0.29, 0.717) is 50.1 Å². The number of aromatic hydroxyl groups is 1. The van der Waals surface area contributed by atoms with Crippen LogP contribution in [-0.4, -0.2) is 46.1 Å². The molecule has 0 spiro atoms. The summed E-state index contributed by atoms with van der Waals surface area (Å²) in [6.45, 7) is 3.63. The lowest BCUT2D eigenvalue weighted by molar-refractivity contribution is 0.0522. The molecule has 0 aromatic heterocycles. The predicted octanol–water partition coefficient (Wildman–Crippen LogP) is 4.22. The normalized spacial score (nSPS) is 10.8. The monoisotopic (exact) mass is 400 g/mol. The molecule has 7 nitrogen and oxygen atoms in total. The van der Waals surface area contributed by atoms with Crippen molar-refractivity contribution in [1.82, 2.24) is 0 Å². The first kappa shape index (κ1) is 20.4. The standard InChI is InChI=1S/C22H24O7/c1-7-29-22(24)17-11(2)16-12(10-13(17)23)20(27-5)18-14(25-3)8-9-15(26-4)19(18)21(16)28-6/h8-10,23H,7H2,1-6H3. The topological polar surface area (TPSA) is 83.5 Å². The van der Waals surface area contributed by atoms with Crippen LogP contribution in [0.1, 0.15) is 22.8 Å². The zero-order valence-corrected chi connectivity index (χ0v) is 17.3. The highest BCUT2D eigenvalue weighted by molar-refractivity contribution is 6.18. The Bertz CT molecular complexity index is 1100. The molecule has 0 bridgehead atoms. The Kier molecular flexibility index (Phi) is 5.59. The first-order valence-corrected chi connectivity index (χ1v) is 9.07. The summed E-state index contributed by atoms with van der Waals surface area (Å²) in [6.07, 6.45) is 0. The van der Waals surface area contributed by atoms with Gasteiger partial charge in [-0.15, -0.1) is 0 Å². The van der Waals surface area contributed by atoms with E-state index in [9.17, 15) is 9.90 Å². The van der Waals surface area contributed by atoms with E-state index in [2.05, 4.69) is 0 Å². The van der Waals surface area contributed by atoms with Gasteiger partial charge >= 0.3 is 5.97 Å². The van der Waals surface area contributed by atoms with E-state index >= 15 is 0 Å². The van der Waals surface area contributed by atoms with Crippen LogP contribution in [0.3, 0.4) is 0 Å². The molecule has 0 amide bonds. The van der Waals surface area contributed by atoms with Crippen LogP contribution in [-0.2, 0) is 4.74 Å². The van der Waals surface area contributed by atoms with Gasteiger partial charge < -0.3 is 28.8 Å². The molecule has 0 atom stereocenters. The van der Waals surface area contributed by atoms with Crippen LogP contribution >= 0.6 is 0 Å². The van der Waals surface area contributed by atoms with Gasteiger partial charge in [0.05, 0.1) is 45.8 Å². The molecule has 0 aliphatic carbocycles. The number of ether oxygens (including phenoxy) is 5. The summed E-state index contributed by atoms with van der Waals surface area (Å²) in [4.78, 5) is 12.5. The van der Waals surface area contributed by atoms with Crippen LogP contribution in [0.5, 0.6) is 28.7 Å². The number of fused-ring (bicyclic) bond motifs is 2. The number of methoxy groups -OCH3 is 4. The van der Waals surface area contributed by atoms with Gasteiger partial charge in [0.15, 0.2) is 0 Å². The summed E-state index contributed by atoms with van der Waals surface area (Å²) in [7, 11) is 6.19. The predicted molar refractivity (Wildman–Crippen MR) is 110 cm³/mol. The number of benzene rings is 3. The summed E-state index contributed by atoms with van der Waals surface area (Å²) in [6, 6.07) is 5.03. The van der Waals surface area contributed by atoms with Crippen LogP contribution in [0, 0.1) is 6.92 Å². The third kappa shape index (κ3) is 3.03. The number of esters is 1. The van der Waals surface area contributed by atoms with Gasteiger partial charge in [0.25, 0.3) is 0 Å². The summed E-state index contributed by atoms with van der Waals surface area (Å²) in [5, 5.41) is 13.1. The highest BCUT2D eigenvalue weighted by Gasteiger charge is 2.27. The van der Waals surface area contributed by atoms with E-state index in [1.165, 1.54) is 20.3 Å². The molecule has 29 heavy (non-hydrogen) atoms. The summed E-state index contributed by atoms with van der Waals surface area (Å²) in [5.74, 6) is 1.26. The van der Waals surface area contributed by atoms with Crippen LogP contribution in [0.15, 0.2) is 18.2 Å². The van der Waals surface area contributed by atoms with Gasteiger partial charge in [0.1, 0.15) is 34.3 Å². The summed E-state index contributed by atoms with van der Waals surface area (Å²) >= 11 is 0. The Hall–Kier alpha value is -3.35. The van der Waals surface area contributed by atoms with Crippen LogP contribution in [0.2, 0.25) is 0 Å².